The van der Waals surface area contributed by atoms with Gasteiger partial charge in [0.1, 0.15) is 30.0 Å². The smallest absolute Gasteiger partial charge is 0.150 e. The number of hydrogen-bond donors (Lipinski definition) is 2. The topological polar surface area (TPSA) is 71.6 Å². The second-order valence-corrected chi connectivity index (χ2v) is 9.36. The van der Waals surface area contributed by atoms with Gasteiger partial charge in [0.15, 0.2) is 0 Å². The van der Waals surface area contributed by atoms with Crippen LogP contribution in [0.3, 0.4) is 0 Å². The molecule has 0 aliphatic carbocycles. The van der Waals surface area contributed by atoms with Gasteiger partial charge < -0.3 is 20.6 Å². The third kappa shape index (κ3) is 4.71. The number of anilines is 1. The van der Waals surface area contributed by atoms with Crippen molar-refractivity contribution in [2.24, 2.45) is 5.92 Å². The molecule has 5 rings (SSSR count). The Morgan fingerprint density at radius 3 is 2.50 bits per heavy atom. The normalized spacial score (nSPS) is 17.8. The predicted octanol–water partition coefficient (Wildman–Crippen LogP) is 5.75. The fraction of sp³-hybridized carbons (Fsp3) is 0.276. The number of hydrogen-bond acceptors (Lipinski definition) is 5. The summed E-state index contributed by atoms with van der Waals surface area (Å²) >= 11 is 0. The number of likely N-dealkylation sites (tertiary alicyclic amines) is 1. The van der Waals surface area contributed by atoms with E-state index < -0.39 is 6.10 Å². The molecule has 1 saturated heterocycles. The standard InChI is InChI=1S/C29H29F2N3O2/c1-18-25-12-22(15-32)26(33)13-27(25)36-29(28(18)20-2-6-23(31)7-3-20)21-4-8-24(9-5-21)35-11-10-34-16-19(14-30)17-34/h2-9,12-13,15,19,29,32H,10-11,14,16-17,33H2,1H3. The fourth-order valence-corrected chi connectivity index (χ4v) is 4.88. The molecule has 3 aromatic rings. The Hall–Kier alpha value is -3.71. The van der Waals surface area contributed by atoms with Crippen molar-refractivity contribution >= 4 is 23.0 Å². The Kier molecular flexibility index (Phi) is 6.74. The molecule has 36 heavy (non-hydrogen) atoms. The van der Waals surface area contributed by atoms with Crippen LogP contribution in [0.4, 0.5) is 14.5 Å². The zero-order chi connectivity index (χ0) is 25.2. The van der Waals surface area contributed by atoms with Gasteiger partial charge in [-0.1, -0.05) is 24.3 Å². The van der Waals surface area contributed by atoms with Crippen LogP contribution < -0.4 is 15.2 Å². The minimum atomic E-state index is -0.430. The molecule has 0 radical (unpaired) electrons. The largest absolute Gasteiger partial charge is 0.492 e. The minimum Gasteiger partial charge on any atom is -0.492 e. The van der Waals surface area contributed by atoms with Crippen LogP contribution >= 0.6 is 0 Å². The number of nitrogens with zero attached hydrogens (tertiary/aromatic N) is 1. The van der Waals surface area contributed by atoms with Gasteiger partial charge >= 0.3 is 0 Å². The summed E-state index contributed by atoms with van der Waals surface area (Å²) in [5, 5.41) is 7.67. The number of halogens is 2. The molecule has 1 atom stereocenters. The lowest BCUT2D eigenvalue weighted by atomic mass is 9.85. The monoisotopic (exact) mass is 489 g/mol. The molecule has 7 heteroatoms. The van der Waals surface area contributed by atoms with E-state index in [4.69, 9.17) is 20.6 Å². The lowest BCUT2D eigenvalue weighted by Crippen LogP contribution is -2.49. The average molecular weight is 490 g/mol. The molecule has 186 valence electrons. The molecule has 0 aromatic heterocycles. The Labute approximate surface area is 209 Å². The zero-order valence-electron chi connectivity index (χ0n) is 20.1. The maximum absolute atomic E-state index is 13.7. The Morgan fingerprint density at radius 1 is 1.11 bits per heavy atom. The van der Waals surface area contributed by atoms with Crippen LogP contribution in [0.15, 0.2) is 60.7 Å². The number of alkyl halides is 1. The molecule has 0 saturated carbocycles. The van der Waals surface area contributed by atoms with Crippen LogP contribution in [-0.4, -0.2) is 44.0 Å². The molecule has 3 aromatic carbocycles. The van der Waals surface area contributed by atoms with Gasteiger partial charge in [0.25, 0.3) is 0 Å². The van der Waals surface area contributed by atoms with Crippen molar-refractivity contribution in [2.45, 2.75) is 13.0 Å². The van der Waals surface area contributed by atoms with Crippen LogP contribution in [-0.2, 0) is 0 Å². The third-order valence-corrected chi connectivity index (χ3v) is 6.92. The van der Waals surface area contributed by atoms with Gasteiger partial charge in [0, 0.05) is 60.2 Å². The van der Waals surface area contributed by atoms with Gasteiger partial charge in [-0.15, -0.1) is 0 Å². The van der Waals surface area contributed by atoms with Gasteiger partial charge in [-0.2, -0.15) is 0 Å². The van der Waals surface area contributed by atoms with Crippen molar-refractivity contribution in [3.8, 4) is 11.5 Å². The molecule has 3 N–H and O–H groups in total. The summed E-state index contributed by atoms with van der Waals surface area (Å²) in [5.74, 6) is 1.27. The summed E-state index contributed by atoms with van der Waals surface area (Å²) in [6.45, 7) is 4.66. The molecule has 0 spiro atoms. The van der Waals surface area contributed by atoms with Gasteiger partial charge in [-0.25, -0.2) is 4.39 Å². The van der Waals surface area contributed by atoms with Gasteiger partial charge in [-0.05, 0) is 54.0 Å². The van der Waals surface area contributed by atoms with Gasteiger partial charge in [0.2, 0.25) is 0 Å². The molecule has 2 heterocycles. The van der Waals surface area contributed by atoms with E-state index in [0.29, 0.717) is 23.6 Å². The maximum atomic E-state index is 13.7. The number of fused-ring (bicyclic) bond motifs is 1. The Morgan fingerprint density at radius 2 is 1.83 bits per heavy atom. The summed E-state index contributed by atoms with van der Waals surface area (Å²) in [7, 11) is 0. The van der Waals surface area contributed by atoms with Crippen molar-refractivity contribution in [3.63, 3.8) is 0 Å². The summed E-state index contributed by atoms with van der Waals surface area (Å²) < 4.78 is 38.7. The van der Waals surface area contributed by atoms with E-state index in [0.717, 1.165) is 53.2 Å². The first-order valence-corrected chi connectivity index (χ1v) is 12.1. The van der Waals surface area contributed by atoms with E-state index >= 15 is 0 Å². The molecule has 0 amide bonds. The molecular weight excluding hydrogens is 460 g/mol. The zero-order valence-corrected chi connectivity index (χ0v) is 20.1. The van der Waals surface area contributed by atoms with E-state index in [-0.39, 0.29) is 18.4 Å². The minimum absolute atomic E-state index is 0.170. The molecule has 2 aliphatic rings. The van der Waals surface area contributed by atoms with Crippen molar-refractivity contribution < 1.29 is 18.3 Å². The van der Waals surface area contributed by atoms with Crippen LogP contribution in [0.25, 0.3) is 11.1 Å². The van der Waals surface area contributed by atoms with Crippen LogP contribution in [0.2, 0.25) is 0 Å². The highest BCUT2D eigenvalue weighted by Crippen LogP contribution is 2.47. The van der Waals surface area contributed by atoms with Crippen molar-refractivity contribution in [3.05, 3.63) is 88.7 Å². The highest BCUT2D eigenvalue weighted by Gasteiger charge is 2.30. The Balaban J connectivity index is 1.41. The predicted molar refractivity (Wildman–Crippen MR) is 139 cm³/mol. The van der Waals surface area contributed by atoms with E-state index in [9.17, 15) is 8.78 Å². The quantitative estimate of drug-likeness (QED) is 0.312. The highest BCUT2D eigenvalue weighted by molar-refractivity contribution is 5.98. The second kappa shape index (κ2) is 10.1. The second-order valence-electron chi connectivity index (χ2n) is 9.36. The molecule has 0 bridgehead atoms. The number of nitrogen functional groups attached to an aromatic ring is 1. The number of nitrogens with one attached hydrogen (secondary N) is 1. The highest BCUT2D eigenvalue weighted by atomic mass is 19.1. The molecule has 1 unspecified atom stereocenters. The van der Waals surface area contributed by atoms with Crippen molar-refractivity contribution in [2.75, 3.05) is 38.6 Å². The average Bonchev–Trinajstić information content (AvgIpc) is 2.86. The summed E-state index contributed by atoms with van der Waals surface area (Å²) in [5.41, 5.74) is 11.8. The van der Waals surface area contributed by atoms with E-state index in [1.807, 2.05) is 37.3 Å². The first-order chi connectivity index (χ1) is 17.5. The molecule has 1 fully saturated rings. The van der Waals surface area contributed by atoms with Crippen LogP contribution in [0.5, 0.6) is 11.5 Å². The van der Waals surface area contributed by atoms with E-state index in [1.165, 1.54) is 18.3 Å². The van der Waals surface area contributed by atoms with Crippen molar-refractivity contribution in [1.82, 2.24) is 4.90 Å². The first kappa shape index (κ1) is 24.0. The first-order valence-electron chi connectivity index (χ1n) is 12.1. The van der Waals surface area contributed by atoms with Crippen molar-refractivity contribution in [1.29, 1.82) is 5.41 Å². The number of nitrogens with two attached hydrogens (primary N) is 1. The SMILES string of the molecule is CC1=C(c2ccc(F)cc2)C(c2ccc(OCCN3CC(CF)C3)cc2)Oc2cc(N)c(C=N)cc21. The van der Waals surface area contributed by atoms with Gasteiger partial charge in [-0.3, -0.25) is 9.29 Å². The van der Waals surface area contributed by atoms with Crippen LogP contribution in [0.1, 0.15) is 35.3 Å². The number of rotatable bonds is 8. The van der Waals surface area contributed by atoms with E-state index in [1.54, 1.807) is 18.2 Å². The van der Waals surface area contributed by atoms with Gasteiger partial charge in [0.05, 0.1) is 6.67 Å². The van der Waals surface area contributed by atoms with Crippen LogP contribution in [0, 0.1) is 17.1 Å². The van der Waals surface area contributed by atoms with E-state index in [2.05, 4.69) is 4.90 Å². The summed E-state index contributed by atoms with van der Waals surface area (Å²) in [6.07, 6.45) is 0.799. The maximum Gasteiger partial charge on any atom is 0.150 e. The lowest BCUT2D eigenvalue weighted by Gasteiger charge is -2.37. The Bertz CT molecular complexity index is 1280. The molecular formula is C29H29F2N3O2. The lowest BCUT2D eigenvalue weighted by molar-refractivity contribution is 0.0668. The fourth-order valence-electron chi connectivity index (χ4n) is 4.88. The summed E-state index contributed by atoms with van der Waals surface area (Å²) in [4.78, 5) is 2.18. The number of benzene rings is 3. The third-order valence-electron chi connectivity index (χ3n) is 6.92. The number of ether oxygens (including phenoxy) is 2. The molecule has 2 aliphatic heterocycles. The summed E-state index contributed by atoms with van der Waals surface area (Å²) in [6, 6.07) is 17.8. The molecule has 5 nitrogen and oxygen atoms in total. The number of allylic oxidation sites excluding steroid dienone is 1.